The van der Waals surface area contributed by atoms with Crippen LogP contribution in [0.5, 0.6) is 0 Å². The van der Waals surface area contributed by atoms with Crippen LogP contribution in [0.4, 0.5) is 0 Å². The molecule has 0 bridgehead atoms. The van der Waals surface area contributed by atoms with Crippen molar-refractivity contribution in [3.63, 3.8) is 0 Å². The molecule has 7 nitrogen and oxygen atoms in total. The first-order valence-electron chi connectivity index (χ1n) is 8.55. The number of nitrogens with zero attached hydrogens (tertiary/aromatic N) is 4. The number of imidazole rings is 1. The van der Waals surface area contributed by atoms with E-state index < -0.39 is 0 Å². The van der Waals surface area contributed by atoms with Gasteiger partial charge in [-0.05, 0) is 24.6 Å². The molecule has 3 rings (SSSR count). The molecule has 0 amide bonds. The topological polar surface area (TPSA) is 71.1 Å². The highest BCUT2D eigenvalue weighted by molar-refractivity contribution is 9.10. The van der Waals surface area contributed by atoms with E-state index in [9.17, 15) is 9.59 Å². The lowest BCUT2D eigenvalue weighted by Crippen LogP contribution is -2.37. The van der Waals surface area contributed by atoms with Gasteiger partial charge in [0.05, 0.1) is 13.2 Å². The lowest BCUT2D eigenvalue weighted by molar-refractivity contribution is 0.164. The monoisotopic (exact) mass is 452 g/mol. The van der Waals surface area contributed by atoms with Gasteiger partial charge < -0.3 is 9.30 Å². The van der Waals surface area contributed by atoms with Crippen LogP contribution in [0.2, 0.25) is 0 Å². The van der Waals surface area contributed by atoms with E-state index in [0.717, 1.165) is 14.6 Å². The van der Waals surface area contributed by atoms with Crippen molar-refractivity contribution in [3.8, 4) is 0 Å². The van der Waals surface area contributed by atoms with E-state index in [4.69, 9.17) is 4.74 Å². The smallest absolute Gasteiger partial charge is 0.332 e. The third kappa shape index (κ3) is 4.04. The van der Waals surface area contributed by atoms with Crippen LogP contribution in [0.3, 0.4) is 0 Å². The van der Waals surface area contributed by atoms with Crippen LogP contribution in [0.1, 0.15) is 12.5 Å². The summed E-state index contributed by atoms with van der Waals surface area (Å²) in [6, 6.07) is 7.91. The van der Waals surface area contributed by atoms with Crippen molar-refractivity contribution in [1.29, 1.82) is 0 Å². The Labute approximate surface area is 169 Å². The number of aryl methyl sites for hydroxylation is 1. The van der Waals surface area contributed by atoms with Crippen LogP contribution in [0.25, 0.3) is 11.2 Å². The number of thioether (sulfide) groups is 1. The number of rotatable bonds is 7. The quantitative estimate of drug-likeness (QED) is 0.406. The zero-order valence-corrected chi connectivity index (χ0v) is 17.8. The zero-order chi connectivity index (χ0) is 19.6. The van der Waals surface area contributed by atoms with Crippen molar-refractivity contribution in [2.45, 2.75) is 18.6 Å². The van der Waals surface area contributed by atoms with Gasteiger partial charge in [-0.2, -0.15) is 0 Å². The van der Waals surface area contributed by atoms with Crippen molar-refractivity contribution >= 4 is 38.9 Å². The number of fused-ring (bicyclic) bond motifs is 1. The first-order valence-corrected chi connectivity index (χ1v) is 10.3. The maximum atomic E-state index is 12.8. The molecule has 0 unspecified atom stereocenters. The number of benzene rings is 1. The highest BCUT2D eigenvalue weighted by atomic mass is 79.9. The van der Waals surface area contributed by atoms with Crippen molar-refractivity contribution in [1.82, 2.24) is 18.7 Å². The van der Waals surface area contributed by atoms with Crippen LogP contribution in [0.15, 0.2) is 43.5 Å². The minimum Gasteiger partial charge on any atom is -0.381 e. The van der Waals surface area contributed by atoms with Crippen molar-refractivity contribution in [2.24, 2.45) is 14.1 Å². The summed E-state index contributed by atoms with van der Waals surface area (Å²) >= 11 is 5.00. The Morgan fingerprint density at radius 3 is 2.70 bits per heavy atom. The normalized spacial score (nSPS) is 11.4. The highest BCUT2D eigenvalue weighted by Crippen LogP contribution is 2.23. The molecule has 27 heavy (non-hydrogen) atoms. The van der Waals surface area contributed by atoms with E-state index in [0.29, 0.717) is 41.8 Å². The molecule has 0 radical (unpaired) electrons. The van der Waals surface area contributed by atoms with Crippen LogP contribution in [-0.2, 0) is 25.4 Å². The van der Waals surface area contributed by atoms with E-state index in [1.165, 1.54) is 23.4 Å². The molecule has 0 spiro atoms. The largest absolute Gasteiger partial charge is 0.381 e. The molecule has 2 aromatic heterocycles. The maximum absolute atomic E-state index is 12.8. The predicted molar refractivity (Wildman–Crippen MR) is 111 cm³/mol. The Bertz CT molecular complexity index is 1090. The molecular weight excluding hydrogens is 432 g/mol. The summed E-state index contributed by atoms with van der Waals surface area (Å²) in [5, 5.41) is 0.697. The van der Waals surface area contributed by atoms with Crippen molar-refractivity contribution < 1.29 is 4.74 Å². The molecule has 144 valence electrons. The Kier molecular flexibility index (Phi) is 6.23. The zero-order valence-electron chi connectivity index (χ0n) is 15.4. The van der Waals surface area contributed by atoms with E-state index in [1.807, 2.05) is 35.8 Å². The van der Waals surface area contributed by atoms with E-state index in [-0.39, 0.29) is 11.2 Å². The first kappa shape index (κ1) is 19.9. The molecule has 0 saturated heterocycles. The van der Waals surface area contributed by atoms with Gasteiger partial charge in [-0.25, -0.2) is 9.78 Å². The lowest BCUT2D eigenvalue weighted by Gasteiger charge is -2.10. The second-order valence-electron chi connectivity index (χ2n) is 6.03. The summed E-state index contributed by atoms with van der Waals surface area (Å²) in [6.07, 6.45) is 0. The second kappa shape index (κ2) is 8.45. The number of hydrogen-bond acceptors (Lipinski definition) is 5. The first-order chi connectivity index (χ1) is 12.9. The summed E-state index contributed by atoms with van der Waals surface area (Å²) in [5.74, 6) is 0.712. The third-order valence-electron chi connectivity index (χ3n) is 4.21. The Balaban J connectivity index is 2.14. The molecule has 0 fully saturated rings. The van der Waals surface area contributed by atoms with Gasteiger partial charge in [0.2, 0.25) is 0 Å². The Morgan fingerprint density at radius 1 is 1.22 bits per heavy atom. The molecule has 3 aromatic rings. The van der Waals surface area contributed by atoms with Crippen LogP contribution >= 0.6 is 27.7 Å². The second-order valence-corrected chi connectivity index (χ2v) is 8.01. The summed E-state index contributed by atoms with van der Waals surface area (Å²) in [4.78, 5) is 29.7. The summed E-state index contributed by atoms with van der Waals surface area (Å²) in [7, 11) is 3.12. The maximum Gasteiger partial charge on any atom is 0.332 e. The van der Waals surface area contributed by atoms with E-state index in [2.05, 4.69) is 20.9 Å². The van der Waals surface area contributed by atoms with Gasteiger partial charge in [-0.15, -0.1) is 0 Å². The van der Waals surface area contributed by atoms with Gasteiger partial charge in [-0.1, -0.05) is 39.8 Å². The standard InChI is InChI=1S/C18H21BrN4O3S/c1-4-26-8-9-27-17-20-15-14(16(24)22(3)18(25)21(15)2)23(17)11-12-6-5-7-13(19)10-12/h5-7,10H,4,8-9,11H2,1-3H3. The SMILES string of the molecule is CCOCCSc1nc2c(c(=O)n(C)c(=O)n2C)n1Cc1cccc(Br)c1. The Morgan fingerprint density at radius 2 is 2.00 bits per heavy atom. The van der Waals surface area contributed by atoms with Crippen LogP contribution in [-0.4, -0.2) is 37.7 Å². The van der Waals surface area contributed by atoms with Gasteiger partial charge in [-0.3, -0.25) is 13.9 Å². The molecule has 0 aliphatic heterocycles. The molecule has 2 heterocycles. The molecule has 0 aliphatic rings. The fraction of sp³-hybridized carbons (Fsp3) is 0.389. The van der Waals surface area contributed by atoms with Crippen LogP contribution < -0.4 is 11.2 Å². The van der Waals surface area contributed by atoms with Gasteiger partial charge >= 0.3 is 5.69 Å². The minimum atomic E-state index is -0.384. The third-order valence-corrected chi connectivity index (χ3v) is 5.64. The van der Waals surface area contributed by atoms with Crippen LogP contribution in [0, 0.1) is 0 Å². The van der Waals surface area contributed by atoms with E-state index in [1.54, 1.807) is 7.05 Å². The fourth-order valence-corrected chi connectivity index (χ4v) is 4.13. The number of aromatic nitrogens is 4. The summed E-state index contributed by atoms with van der Waals surface area (Å²) in [5.41, 5.74) is 1.14. The molecule has 9 heteroatoms. The number of ether oxygens (including phenoxy) is 1. The van der Waals surface area contributed by atoms with Gasteiger partial charge in [0.15, 0.2) is 16.3 Å². The van der Waals surface area contributed by atoms with Gasteiger partial charge in [0.1, 0.15) is 0 Å². The molecule has 0 aliphatic carbocycles. The number of hydrogen-bond donors (Lipinski definition) is 0. The average Bonchev–Trinajstić information content (AvgIpc) is 3.00. The minimum absolute atomic E-state index is 0.341. The summed E-state index contributed by atoms with van der Waals surface area (Å²) in [6.45, 7) is 3.69. The molecular formula is C18H21BrN4O3S. The van der Waals surface area contributed by atoms with Crippen molar-refractivity contribution in [2.75, 3.05) is 19.0 Å². The number of halogens is 1. The molecule has 0 atom stereocenters. The van der Waals surface area contributed by atoms with Gasteiger partial charge in [0, 0.05) is 30.9 Å². The summed E-state index contributed by atoms with van der Waals surface area (Å²) < 4.78 is 10.8. The predicted octanol–water partition coefficient (Wildman–Crippen LogP) is 2.37. The van der Waals surface area contributed by atoms with E-state index >= 15 is 0 Å². The highest BCUT2D eigenvalue weighted by Gasteiger charge is 2.19. The average molecular weight is 453 g/mol. The lowest BCUT2D eigenvalue weighted by atomic mass is 10.2. The Hall–Kier alpha value is -1.84. The fourth-order valence-electron chi connectivity index (χ4n) is 2.84. The van der Waals surface area contributed by atoms with Gasteiger partial charge in [0.25, 0.3) is 5.56 Å². The molecule has 0 N–H and O–H groups in total. The molecule has 0 saturated carbocycles. The van der Waals surface area contributed by atoms with Crippen molar-refractivity contribution in [3.05, 3.63) is 55.1 Å². The molecule has 1 aromatic carbocycles.